The number of benzene rings is 1. The van der Waals surface area contributed by atoms with E-state index in [1.165, 1.54) is 16.2 Å². The third kappa shape index (κ3) is 4.18. The van der Waals surface area contributed by atoms with Gasteiger partial charge in [-0.3, -0.25) is 4.79 Å². The normalized spacial score (nSPS) is 13.3. The Hall–Kier alpha value is -2.71. The largest absolute Gasteiger partial charge is 0.451 e. The molecule has 2 heterocycles. The summed E-state index contributed by atoms with van der Waals surface area (Å²) in [6.45, 7) is 6.69. The summed E-state index contributed by atoms with van der Waals surface area (Å²) in [6.07, 6.45) is -0.699. The zero-order valence-electron chi connectivity index (χ0n) is 17.1. The van der Waals surface area contributed by atoms with Gasteiger partial charge >= 0.3 is 5.97 Å². The van der Waals surface area contributed by atoms with Crippen molar-refractivity contribution < 1.29 is 19.4 Å². The molecule has 2 atom stereocenters. The first-order chi connectivity index (χ1) is 13.7. The first-order valence-electron chi connectivity index (χ1n) is 9.36. The van der Waals surface area contributed by atoms with Gasteiger partial charge in [0.1, 0.15) is 10.7 Å². The highest BCUT2D eigenvalue weighted by Gasteiger charge is 2.24. The number of hydrogen-bond acceptors (Lipinski definition) is 6. The van der Waals surface area contributed by atoms with Crippen molar-refractivity contribution in [2.24, 2.45) is 0 Å². The highest BCUT2D eigenvalue weighted by molar-refractivity contribution is 7.18. The van der Waals surface area contributed by atoms with Gasteiger partial charge in [0.05, 0.1) is 22.4 Å². The lowest BCUT2D eigenvalue weighted by Gasteiger charge is -2.23. The third-order valence-electron chi connectivity index (χ3n) is 5.09. The Morgan fingerprint density at radius 2 is 1.97 bits per heavy atom. The number of aliphatic hydroxyl groups excluding tert-OH is 1. The van der Waals surface area contributed by atoms with Gasteiger partial charge in [-0.05, 0) is 45.4 Å². The molecule has 0 spiro atoms. The van der Waals surface area contributed by atoms with E-state index in [4.69, 9.17) is 4.74 Å². The van der Waals surface area contributed by atoms with E-state index < -0.39 is 12.1 Å². The first-order valence-corrected chi connectivity index (χ1v) is 10.2. The summed E-state index contributed by atoms with van der Waals surface area (Å²) >= 11 is 1.54. The van der Waals surface area contributed by atoms with Gasteiger partial charge in [-0.2, -0.15) is 0 Å². The van der Waals surface area contributed by atoms with Crippen molar-refractivity contribution in [2.45, 2.75) is 39.8 Å². The number of H-pyrrole nitrogens is 1. The predicted molar refractivity (Wildman–Crippen MR) is 112 cm³/mol. The minimum atomic E-state index is -0.699. The number of nitrogens with one attached hydrogen (secondary N) is 1. The van der Waals surface area contributed by atoms with E-state index in [0.29, 0.717) is 16.8 Å². The molecule has 0 unspecified atom stereocenters. The highest BCUT2D eigenvalue weighted by atomic mass is 32.1. The van der Waals surface area contributed by atoms with Crippen LogP contribution in [0.2, 0.25) is 0 Å². The summed E-state index contributed by atoms with van der Waals surface area (Å²) in [5, 5.41) is 10.7. The number of para-hydroxylation sites is 1. The topological polar surface area (TPSA) is 95.5 Å². The summed E-state index contributed by atoms with van der Waals surface area (Å²) < 4.78 is 6.29. The minimum Gasteiger partial charge on any atom is -0.451 e. The fourth-order valence-corrected chi connectivity index (χ4v) is 4.41. The van der Waals surface area contributed by atoms with Gasteiger partial charge in [-0.1, -0.05) is 12.1 Å². The Morgan fingerprint density at radius 3 is 2.59 bits per heavy atom. The summed E-state index contributed by atoms with van der Waals surface area (Å²) in [5.41, 5.74) is 3.17. The minimum absolute atomic E-state index is 0.241. The SMILES string of the molecule is Cc1[nH]c(C(=O)OCC(=O)N(C)[C@@H](C)c2nc3ccccc3s2)c(C)c1[C@@H](C)O. The van der Waals surface area contributed by atoms with Crippen molar-refractivity contribution in [1.29, 1.82) is 0 Å². The zero-order chi connectivity index (χ0) is 21.3. The van der Waals surface area contributed by atoms with Crippen molar-refractivity contribution >= 4 is 33.4 Å². The molecule has 0 fully saturated rings. The van der Waals surface area contributed by atoms with Crippen LogP contribution in [0.5, 0.6) is 0 Å². The number of esters is 1. The standard InChI is InChI=1S/C21H25N3O4S/c1-11-18(14(4)25)12(2)22-19(11)21(27)28-10-17(26)24(5)13(3)20-23-15-8-6-7-9-16(15)29-20/h6-9,13-14,22,25H,10H2,1-5H3/t13-,14+/m0/s1. The number of hydrogen-bond donors (Lipinski definition) is 2. The van der Waals surface area contributed by atoms with E-state index >= 15 is 0 Å². The summed E-state index contributed by atoms with van der Waals surface area (Å²) in [7, 11) is 1.67. The molecular formula is C21H25N3O4S. The molecule has 0 saturated carbocycles. The van der Waals surface area contributed by atoms with Gasteiger partial charge in [0.25, 0.3) is 5.91 Å². The Kier molecular flexibility index (Phi) is 6.04. The predicted octanol–water partition coefficient (Wildman–Crippen LogP) is 3.67. The van der Waals surface area contributed by atoms with E-state index in [0.717, 1.165) is 15.2 Å². The lowest BCUT2D eigenvalue weighted by Crippen LogP contribution is -2.33. The monoisotopic (exact) mass is 415 g/mol. The lowest BCUT2D eigenvalue weighted by atomic mass is 10.1. The molecule has 8 heteroatoms. The van der Waals surface area contributed by atoms with Crippen LogP contribution in [0.4, 0.5) is 0 Å². The number of carbonyl (C=O) groups is 2. The fraction of sp³-hybridized carbons (Fsp3) is 0.381. The maximum atomic E-state index is 12.5. The number of carbonyl (C=O) groups excluding carboxylic acids is 2. The van der Waals surface area contributed by atoms with Crippen molar-refractivity contribution in [2.75, 3.05) is 13.7 Å². The summed E-state index contributed by atoms with van der Waals surface area (Å²) in [5.74, 6) is -0.936. The number of thiazole rings is 1. The summed E-state index contributed by atoms with van der Waals surface area (Å²) in [6, 6.07) is 7.58. The number of fused-ring (bicyclic) bond motifs is 1. The van der Waals surface area contributed by atoms with Crippen LogP contribution in [0.3, 0.4) is 0 Å². The van der Waals surface area contributed by atoms with Crippen LogP contribution in [0.25, 0.3) is 10.2 Å². The molecule has 0 aliphatic heterocycles. The molecule has 7 nitrogen and oxygen atoms in total. The van der Waals surface area contributed by atoms with Crippen LogP contribution < -0.4 is 0 Å². The molecule has 3 aromatic rings. The van der Waals surface area contributed by atoms with Crippen LogP contribution in [-0.4, -0.2) is 45.5 Å². The molecule has 3 rings (SSSR count). The zero-order valence-corrected chi connectivity index (χ0v) is 18.0. The van der Waals surface area contributed by atoms with Crippen LogP contribution in [0.1, 0.15) is 58.3 Å². The molecule has 0 radical (unpaired) electrons. The Labute approximate surface area is 173 Å². The molecule has 0 aliphatic carbocycles. The van der Waals surface area contributed by atoms with E-state index in [1.54, 1.807) is 27.8 Å². The molecule has 1 amide bonds. The number of rotatable bonds is 6. The van der Waals surface area contributed by atoms with Crippen molar-refractivity contribution in [3.8, 4) is 0 Å². The smallest absolute Gasteiger partial charge is 0.355 e. The van der Waals surface area contributed by atoms with Gasteiger partial charge in [0.2, 0.25) is 0 Å². The summed E-state index contributed by atoms with van der Waals surface area (Å²) in [4.78, 5) is 34.0. The number of aromatic nitrogens is 2. The van der Waals surface area contributed by atoms with Gasteiger partial charge in [-0.15, -0.1) is 11.3 Å². The fourth-order valence-electron chi connectivity index (χ4n) is 3.35. The van der Waals surface area contributed by atoms with Crippen molar-refractivity contribution in [1.82, 2.24) is 14.9 Å². The van der Waals surface area contributed by atoms with Gasteiger partial charge in [0, 0.05) is 18.3 Å². The van der Waals surface area contributed by atoms with Gasteiger partial charge in [-0.25, -0.2) is 9.78 Å². The Morgan fingerprint density at radius 1 is 1.28 bits per heavy atom. The molecule has 0 aliphatic rings. The third-order valence-corrected chi connectivity index (χ3v) is 6.29. The van der Waals surface area contributed by atoms with E-state index in [9.17, 15) is 14.7 Å². The van der Waals surface area contributed by atoms with Crippen molar-refractivity contribution in [3.05, 3.63) is 51.8 Å². The molecule has 0 saturated heterocycles. The molecular weight excluding hydrogens is 390 g/mol. The molecule has 1 aromatic carbocycles. The van der Waals surface area contributed by atoms with Crippen LogP contribution in [0, 0.1) is 13.8 Å². The van der Waals surface area contributed by atoms with Gasteiger partial charge in [0.15, 0.2) is 6.61 Å². The average Bonchev–Trinajstić information content (AvgIpc) is 3.25. The van der Waals surface area contributed by atoms with Crippen LogP contribution in [0.15, 0.2) is 24.3 Å². The second-order valence-corrected chi connectivity index (χ2v) is 8.18. The second kappa shape index (κ2) is 8.34. The maximum Gasteiger partial charge on any atom is 0.355 e. The number of likely N-dealkylation sites (N-methyl/N-ethyl adjacent to an activating group) is 1. The quantitative estimate of drug-likeness (QED) is 0.599. The van der Waals surface area contributed by atoms with E-state index in [-0.39, 0.29) is 24.2 Å². The number of aliphatic hydroxyl groups is 1. The van der Waals surface area contributed by atoms with E-state index in [2.05, 4.69) is 9.97 Å². The molecule has 2 aromatic heterocycles. The highest BCUT2D eigenvalue weighted by Crippen LogP contribution is 2.29. The molecule has 154 valence electrons. The average molecular weight is 416 g/mol. The maximum absolute atomic E-state index is 12.5. The Bertz CT molecular complexity index is 1020. The van der Waals surface area contributed by atoms with Crippen LogP contribution >= 0.6 is 11.3 Å². The lowest BCUT2D eigenvalue weighted by molar-refractivity contribution is -0.135. The Balaban J connectivity index is 1.65. The van der Waals surface area contributed by atoms with Crippen LogP contribution in [-0.2, 0) is 9.53 Å². The van der Waals surface area contributed by atoms with E-state index in [1.807, 2.05) is 31.2 Å². The number of amides is 1. The number of aromatic amines is 1. The molecule has 0 bridgehead atoms. The number of nitrogens with zero attached hydrogens (tertiary/aromatic N) is 2. The van der Waals surface area contributed by atoms with Crippen molar-refractivity contribution in [3.63, 3.8) is 0 Å². The molecule has 29 heavy (non-hydrogen) atoms. The van der Waals surface area contributed by atoms with Gasteiger partial charge < -0.3 is 19.7 Å². The first kappa shape index (κ1) is 21.0. The number of ether oxygens (including phenoxy) is 1. The second-order valence-electron chi connectivity index (χ2n) is 7.12. The number of aryl methyl sites for hydroxylation is 1. The molecule has 2 N–H and O–H groups in total.